The van der Waals surface area contributed by atoms with Crippen LogP contribution in [0.2, 0.25) is 0 Å². The number of hydrogen-bond donors (Lipinski definition) is 1. The van der Waals surface area contributed by atoms with Crippen LogP contribution in [0.15, 0.2) is 53.7 Å². The maximum absolute atomic E-state index is 12.3. The fraction of sp³-hybridized carbons (Fsp3) is 0.286. The van der Waals surface area contributed by atoms with E-state index in [1.54, 1.807) is 0 Å². The van der Waals surface area contributed by atoms with Crippen LogP contribution in [0.3, 0.4) is 0 Å². The third kappa shape index (κ3) is 4.72. The van der Waals surface area contributed by atoms with Crippen LogP contribution in [0.25, 0.3) is 11.4 Å². The minimum atomic E-state index is -0.0573. The standard InChI is InChI=1S/C21H25N5OS/c1-5-26-20(16-9-11-18(12-10-16)25(3)4)23-24-21(26)28-14-19(27)22-17-8-6-7-15(2)13-17/h6-13H,5,14H2,1-4H3,(H,22,27). The highest BCUT2D eigenvalue weighted by atomic mass is 32.2. The summed E-state index contributed by atoms with van der Waals surface area (Å²) in [7, 11) is 4.03. The number of carbonyl (C=O) groups is 1. The minimum absolute atomic E-state index is 0.0573. The zero-order valence-electron chi connectivity index (χ0n) is 16.6. The second-order valence-electron chi connectivity index (χ2n) is 6.70. The third-order valence-electron chi connectivity index (χ3n) is 4.31. The van der Waals surface area contributed by atoms with Gasteiger partial charge in [-0.2, -0.15) is 0 Å². The highest BCUT2D eigenvalue weighted by molar-refractivity contribution is 7.99. The molecule has 0 radical (unpaired) electrons. The van der Waals surface area contributed by atoms with Gasteiger partial charge in [0.05, 0.1) is 5.75 Å². The smallest absolute Gasteiger partial charge is 0.234 e. The molecule has 0 saturated carbocycles. The molecule has 3 rings (SSSR count). The molecular weight excluding hydrogens is 370 g/mol. The molecule has 0 fully saturated rings. The summed E-state index contributed by atoms with van der Waals surface area (Å²) < 4.78 is 2.04. The van der Waals surface area contributed by atoms with Crippen molar-refractivity contribution >= 4 is 29.0 Å². The molecule has 2 aromatic carbocycles. The minimum Gasteiger partial charge on any atom is -0.378 e. The van der Waals surface area contributed by atoms with Crippen molar-refractivity contribution in [3.05, 3.63) is 54.1 Å². The molecule has 28 heavy (non-hydrogen) atoms. The van der Waals surface area contributed by atoms with Crippen LogP contribution in [-0.4, -0.2) is 40.5 Å². The first-order valence-electron chi connectivity index (χ1n) is 9.18. The van der Waals surface area contributed by atoms with Crippen LogP contribution in [0.1, 0.15) is 12.5 Å². The predicted octanol–water partition coefficient (Wildman–Crippen LogP) is 4.07. The highest BCUT2D eigenvalue weighted by Crippen LogP contribution is 2.25. The summed E-state index contributed by atoms with van der Waals surface area (Å²) >= 11 is 1.40. The second kappa shape index (κ2) is 8.93. The number of aryl methyl sites for hydroxylation is 1. The summed E-state index contributed by atoms with van der Waals surface area (Å²) in [6.07, 6.45) is 0. The molecular formula is C21H25N5OS. The Bertz CT molecular complexity index is 950. The van der Waals surface area contributed by atoms with Crippen LogP contribution in [0, 0.1) is 6.92 Å². The van der Waals surface area contributed by atoms with Gasteiger partial charge in [0.25, 0.3) is 0 Å². The van der Waals surface area contributed by atoms with E-state index in [0.29, 0.717) is 0 Å². The lowest BCUT2D eigenvalue weighted by Crippen LogP contribution is -2.14. The number of thioether (sulfide) groups is 1. The van der Waals surface area contributed by atoms with Crippen molar-refractivity contribution in [1.82, 2.24) is 14.8 Å². The van der Waals surface area contributed by atoms with Crippen molar-refractivity contribution in [2.75, 3.05) is 30.1 Å². The van der Waals surface area contributed by atoms with E-state index < -0.39 is 0 Å². The molecule has 0 atom stereocenters. The van der Waals surface area contributed by atoms with E-state index in [-0.39, 0.29) is 11.7 Å². The lowest BCUT2D eigenvalue weighted by Gasteiger charge is -2.13. The van der Waals surface area contributed by atoms with Crippen LogP contribution < -0.4 is 10.2 Å². The fourth-order valence-electron chi connectivity index (χ4n) is 2.85. The van der Waals surface area contributed by atoms with Gasteiger partial charge in [0, 0.05) is 37.6 Å². The van der Waals surface area contributed by atoms with Gasteiger partial charge < -0.3 is 14.8 Å². The number of anilines is 2. The molecule has 0 bridgehead atoms. The number of nitrogens with zero attached hydrogens (tertiary/aromatic N) is 4. The van der Waals surface area contributed by atoms with Gasteiger partial charge in [-0.1, -0.05) is 23.9 Å². The average Bonchev–Trinajstić information content (AvgIpc) is 3.09. The van der Waals surface area contributed by atoms with E-state index in [1.807, 2.05) is 62.0 Å². The van der Waals surface area contributed by atoms with Gasteiger partial charge in [0.15, 0.2) is 11.0 Å². The Hall–Kier alpha value is -2.80. The Balaban J connectivity index is 1.69. The molecule has 0 aliphatic carbocycles. The zero-order chi connectivity index (χ0) is 20.1. The quantitative estimate of drug-likeness (QED) is 0.611. The Morgan fingerprint density at radius 3 is 2.54 bits per heavy atom. The van der Waals surface area contributed by atoms with Crippen molar-refractivity contribution < 1.29 is 4.79 Å². The molecule has 0 unspecified atom stereocenters. The molecule has 6 nitrogen and oxygen atoms in total. The predicted molar refractivity (Wildman–Crippen MR) is 116 cm³/mol. The molecule has 0 aliphatic rings. The largest absolute Gasteiger partial charge is 0.378 e. The van der Waals surface area contributed by atoms with Gasteiger partial charge in [-0.25, -0.2) is 0 Å². The average molecular weight is 396 g/mol. The van der Waals surface area contributed by atoms with Gasteiger partial charge in [0.1, 0.15) is 0 Å². The van der Waals surface area contributed by atoms with Crippen LogP contribution in [0.4, 0.5) is 11.4 Å². The molecule has 0 spiro atoms. The Morgan fingerprint density at radius 1 is 1.14 bits per heavy atom. The van der Waals surface area contributed by atoms with Crippen molar-refractivity contribution in [2.24, 2.45) is 0 Å². The molecule has 146 valence electrons. The molecule has 3 aromatic rings. The van der Waals surface area contributed by atoms with E-state index in [1.165, 1.54) is 11.8 Å². The summed E-state index contributed by atoms with van der Waals surface area (Å²) in [4.78, 5) is 14.3. The number of rotatable bonds is 7. The summed E-state index contributed by atoms with van der Waals surface area (Å²) in [5.41, 5.74) is 4.06. The molecule has 1 aromatic heterocycles. The summed E-state index contributed by atoms with van der Waals surface area (Å²) in [5.74, 6) is 1.04. The van der Waals surface area contributed by atoms with E-state index >= 15 is 0 Å². The fourth-order valence-corrected chi connectivity index (χ4v) is 3.66. The number of aromatic nitrogens is 3. The third-order valence-corrected chi connectivity index (χ3v) is 5.28. The van der Waals surface area contributed by atoms with Crippen molar-refractivity contribution in [3.63, 3.8) is 0 Å². The normalized spacial score (nSPS) is 10.7. The molecule has 1 amide bonds. The van der Waals surface area contributed by atoms with Crippen LogP contribution in [0.5, 0.6) is 0 Å². The first kappa shape index (κ1) is 19.9. The lowest BCUT2D eigenvalue weighted by molar-refractivity contribution is -0.113. The van der Waals surface area contributed by atoms with E-state index in [0.717, 1.165) is 40.0 Å². The maximum Gasteiger partial charge on any atom is 0.234 e. The maximum atomic E-state index is 12.3. The molecule has 7 heteroatoms. The first-order valence-corrected chi connectivity index (χ1v) is 10.2. The summed E-state index contributed by atoms with van der Waals surface area (Å²) in [6, 6.07) is 16.0. The highest BCUT2D eigenvalue weighted by Gasteiger charge is 2.15. The summed E-state index contributed by atoms with van der Waals surface area (Å²) in [5, 5.41) is 12.3. The van der Waals surface area contributed by atoms with Crippen molar-refractivity contribution in [2.45, 2.75) is 25.5 Å². The number of benzene rings is 2. The molecule has 0 aliphatic heterocycles. The van der Waals surface area contributed by atoms with Crippen molar-refractivity contribution in [1.29, 1.82) is 0 Å². The van der Waals surface area contributed by atoms with Gasteiger partial charge in [-0.15, -0.1) is 10.2 Å². The van der Waals surface area contributed by atoms with E-state index in [4.69, 9.17) is 0 Å². The first-order chi connectivity index (χ1) is 13.5. The van der Waals surface area contributed by atoms with Gasteiger partial charge in [-0.05, 0) is 55.8 Å². The molecule has 1 heterocycles. The Morgan fingerprint density at radius 2 is 1.89 bits per heavy atom. The lowest BCUT2D eigenvalue weighted by atomic mass is 10.2. The second-order valence-corrected chi connectivity index (χ2v) is 7.64. The van der Waals surface area contributed by atoms with Crippen LogP contribution >= 0.6 is 11.8 Å². The number of carbonyl (C=O) groups excluding carboxylic acids is 1. The summed E-state index contributed by atoms with van der Waals surface area (Å²) in [6.45, 7) is 4.79. The number of hydrogen-bond acceptors (Lipinski definition) is 5. The van der Waals surface area contributed by atoms with Gasteiger partial charge >= 0.3 is 0 Å². The van der Waals surface area contributed by atoms with Gasteiger partial charge in [-0.3, -0.25) is 4.79 Å². The number of amides is 1. The molecule has 0 saturated heterocycles. The number of nitrogens with one attached hydrogen (secondary N) is 1. The monoisotopic (exact) mass is 395 g/mol. The SMILES string of the molecule is CCn1c(SCC(=O)Nc2cccc(C)c2)nnc1-c1ccc(N(C)C)cc1. The Labute approximate surface area is 170 Å². The Kier molecular flexibility index (Phi) is 6.36. The molecule has 1 N–H and O–H groups in total. The zero-order valence-corrected chi connectivity index (χ0v) is 17.5. The van der Waals surface area contributed by atoms with Gasteiger partial charge in [0.2, 0.25) is 5.91 Å². The van der Waals surface area contributed by atoms with E-state index in [9.17, 15) is 4.79 Å². The topological polar surface area (TPSA) is 63.1 Å². The van der Waals surface area contributed by atoms with E-state index in [2.05, 4.69) is 39.5 Å². The van der Waals surface area contributed by atoms with Crippen molar-refractivity contribution in [3.8, 4) is 11.4 Å². The van der Waals surface area contributed by atoms with Crippen LogP contribution in [-0.2, 0) is 11.3 Å².